The zero-order valence-corrected chi connectivity index (χ0v) is 19.3. The Balaban J connectivity index is 1.96. The largest absolute Gasteiger partial charge is 0.468 e. The lowest BCUT2D eigenvalue weighted by atomic mass is 9.89. The normalized spacial score (nSPS) is 16.9. The van der Waals surface area contributed by atoms with Gasteiger partial charge in [0.1, 0.15) is 6.04 Å². The van der Waals surface area contributed by atoms with E-state index in [4.69, 9.17) is 4.74 Å². The monoisotopic (exact) mass is 450 g/mol. The Morgan fingerprint density at radius 3 is 2.64 bits per heavy atom. The molecule has 8 nitrogen and oxygen atoms in total. The maximum absolute atomic E-state index is 12.9. The molecule has 1 fully saturated rings. The van der Waals surface area contributed by atoms with Crippen LogP contribution in [-0.4, -0.2) is 66.4 Å². The molecule has 1 amide bonds. The fourth-order valence-corrected chi connectivity index (χ4v) is 4.03. The Labute approximate surface area is 193 Å². The summed E-state index contributed by atoms with van der Waals surface area (Å²) in [6.45, 7) is 5.29. The van der Waals surface area contributed by atoms with Gasteiger partial charge in [0, 0.05) is 25.7 Å². The molecule has 0 spiro atoms. The van der Waals surface area contributed by atoms with Gasteiger partial charge in [0.15, 0.2) is 0 Å². The number of benzene rings is 2. The minimum atomic E-state index is -0.526. The molecule has 1 atom stereocenters. The molecule has 0 bridgehead atoms. The number of nitro groups is 1. The molecule has 1 aliphatic rings. The quantitative estimate of drug-likeness (QED) is 0.289. The van der Waals surface area contributed by atoms with Crippen LogP contribution >= 0.6 is 0 Å². The lowest BCUT2D eigenvalue weighted by molar-refractivity contribution is -0.384. The molecule has 2 aromatic rings. The van der Waals surface area contributed by atoms with Crippen LogP contribution in [0.1, 0.15) is 30.9 Å². The molecular formula is C25H28N3O5. The van der Waals surface area contributed by atoms with Crippen LogP contribution in [0.25, 0.3) is 17.2 Å². The standard InChI is InChI=1S/C25H28N3O5/c1-17(2)19-9-5-6-10-20(19)24-18(8-7-11-21(24)28(31)32)12-13-23(29)27-15-14-26(3)22(16-27)25(30)33-4/h5-10,12-13,17,22H,14-16H2,1-4H3/b13-12+. The molecule has 1 aliphatic heterocycles. The zero-order valence-electron chi connectivity index (χ0n) is 19.3. The van der Waals surface area contributed by atoms with Gasteiger partial charge < -0.3 is 9.64 Å². The van der Waals surface area contributed by atoms with Gasteiger partial charge in [0.25, 0.3) is 5.69 Å². The SMILES string of the molecule is COC(=O)C1CN(C(=O)/C=C/c2cc[c]c([N+](=O)[O-])c2-c2ccccc2C(C)C)CCN1C. The number of methoxy groups -OCH3 is 1. The van der Waals surface area contributed by atoms with Crippen LogP contribution in [0.5, 0.6) is 0 Å². The third kappa shape index (κ3) is 5.28. The van der Waals surface area contributed by atoms with E-state index in [2.05, 4.69) is 6.07 Å². The van der Waals surface area contributed by atoms with E-state index in [-0.39, 0.29) is 30.0 Å². The second-order valence-electron chi connectivity index (χ2n) is 8.29. The van der Waals surface area contributed by atoms with Crippen LogP contribution < -0.4 is 0 Å². The lowest BCUT2D eigenvalue weighted by Crippen LogP contribution is -2.56. The van der Waals surface area contributed by atoms with Crippen LogP contribution in [0.4, 0.5) is 5.69 Å². The van der Waals surface area contributed by atoms with E-state index in [0.29, 0.717) is 24.2 Å². The predicted molar refractivity (Wildman–Crippen MR) is 126 cm³/mol. The summed E-state index contributed by atoms with van der Waals surface area (Å²) < 4.78 is 4.84. The number of carbonyl (C=O) groups excluding carboxylic acids is 2. The Morgan fingerprint density at radius 1 is 1.24 bits per heavy atom. The number of hydrogen-bond donors (Lipinski definition) is 0. The van der Waals surface area contributed by atoms with E-state index in [1.165, 1.54) is 19.3 Å². The average molecular weight is 451 g/mol. The van der Waals surface area contributed by atoms with E-state index in [1.807, 2.05) is 50.1 Å². The number of carbonyl (C=O) groups is 2. The summed E-state index contributed by atoms with van der Waals surface area (Å²) in [5, 5.41) is 11.8. The number of amides is 1. The van der Waals surface area contributed by atoms with Crippen molar-refractivity contribution < 1.29 is 19.2 Å². The highest BCUT2D eigenvalue weighted by Crippen LogP contribution is 2.38. The van der Waals surface area contributed by atoms with Crippen LogP contribution in [0, 0.1) is 16.2 Å². The van der Waals surface area contributed by atoms with E-state index in [9.17, 15) is 19.7 Å². The molecule has 1 heterocycles. The van der Waals surface area contributed by atoms with Crippen LogP contribution in [0.15, 0.2) is 42.5 Å². The molecule has 1 saturated heterocycles. The van der Waals surface area contributed by atoms with Crippen LogP contribution in [0.2, 0.25) is 0 Å². The number of ether oxygens (including phenoxy) is 1. The summed E-state index contributed by atoms with van der Waals surface area (Å²) in [6.07, 6.45) is 3.00. The van der Waals surface area contributed by atoms with Crippen LogP contribution in [0.3, 0.4) is 0 Å². The molecule has 0 N–H and O–H groups in total. The fraction of sp³-hybridized carbons (Fsp3) is 0.360. The first-order chi connectivity index (χ1) is 15.7. The van der Waals surface area contributed by atoms with E-state index < -0.39 is 11.0 Å². The molecule has 0 aromatic heterocycles. The molecule has 2 aromatic carbocycles. The number of hydrogen-bond acceptors (Lipinski definition) is 6. The van der Waals surface area contributed by atoms with E-state index >= 15 is 0 Å². The number of piperazine rings is 1. The lowest BCUT2D eigenvalue weighted by Gasteiger charge is -2.37. The molecule has 0 saturated carbocycles. The Bertz CT molecular complexity index is 1080. The van der Waals surface area contributed by atoms with Gasteiger partial charge in [-0.1, -0.05) is 44.2 Å². The maximum atomic E-state index is 12.9. The van der Waals surface area contributed by atoms with Crippen LogP contribution in [-0.2, 0) is 14.3 Å². The van der Waals surface area contributed by atoms with Gasteiger partial charge in [0.2, 0.25) is 5.91 Å². The van der Waals surface area contributed by atoms with E-state index in [1.54, 1.807) is 17.0 Å². The Morgan fingerprint density at radius 2 is 1.97 bits per heavy atom. The minimum Gasteiger partial charge on any atom is -0.468 e. The van der Waals surface area contributed by atoms with Crippen molar-refractivity contribution in [3.8, 4) is 11.1 Å². The van der Waals surface area contributed by atoms with Gasteiger partial charge in [-0.05, 0) is 41.8 Å². The summed E-state index contributed by atoms with van der Waals surface area (Å²) >= 11 is 0. The molecule has 3 rings (SSSR count). The van der Waals surface area contributed by atoms with Crippen molar-refractivity contribution >= 4 is 23.6 Å². The Hall–Kier alpha value is -3.52. The molecule has 33 heavy (non-hydrogen) atoms. The average Bonchev–Trinajstić information content (AvgIpc) is 2.81. The van der Waals surface area contributed by atoms with Crippen molar-refractivity contribution in [3.05, 3.63) is 69.8 Å². The zero-order chi connectivity index (χ0) is 24.1. The van der Waals surface area contributed by atoms with Crippen molar-refractivity contribution in [1.82, 2.24) is 9.80 Å². The van der Waals surface area contributed by atoms with Gasteiger partial charge in [-0.2, -0.15) is 0 Å². The third-order valence-electron chi connectivity index (χ3n) is 5.88. The first-order valence-electron chi connectivity index (χ1n) is 10.8. The molecule has 173 valence electrons. The van der Waals surface area contributed by atoms with Gasteiger partial charge >= 0.3 is 5.97 Å². The third-order valence-corrected chi connectivity index (χ3v) is 5.88. The molecule has 8 heteroatoms. The minimum absolute atomic E-state index is 0.136. The Kier molecular flexibility index (Phi) is 7.60. The summed E-state index contributed by atoms with van der Waals surface area (Å²) in [7, 11) is 3.14. The van der Waals surface area contributed by atoms with Crippen molar-refractivity contribution in [2.45, 2.75) is 25.8 Å². The highest BCUT2D eigenvalue weighted by atomic mass is 16.6. The smallest absolute Gasteiger partial charge is 0.324 e. The first kappa shape index (κ1) is 24.1. The molecular weight excluding hydrogens is 422 g/mol. The van der Waals surface area contributed by atoms with E-state index in [0.717, 1.165) is 11.1 Å². The number of esters is 1. The van der Waals surface area contributed by atoms with Gasteiger partial charge in [-0.15, -0.1) is 0 Å². The van der Waals surface area contributed by atoms with Gasteiger partial charge in [-0.3, -0.25) is 24.6 Å². The summed E-state index contributed by atoms with van der Waals surface area (Å²) in [5.41, 5.74) is 2.57. The van der Waals surface area contributed by atoms with Crippen molar-refractivity contribution in [2.24, 2.45) is 0 Å². The van der Waals surface area contributed by atoms with Gasteiger partial charge in [-0.25, -0.2) is 0 Å². The summed E-state index contributed by atoms with van der Waals surface area (Å²) in [6, 6.07) is 13.0. The first-order valence-corrected chi connectivity index (χ1v) is 10.8. The second-order valence-corrected chi connectivity index (χ2v) is 8.29. The number of likely N-dealkylation sites (N-methyl/N-ethyl adjacent to an activating group) is 1. The number of nitro benzene ring substituents is 1. The number of nitrogens with zero attached hydrogens (tertiary/aromatic N) is 3. The topological polar surface area (TPSA) is 93.0 Å². The maximum Gasteiger partial charge on any atom is 0.324 e. The number of rotatable bonds is 6. The summed E-state index contributed by atoms with van der Waals surface area (Å²) in [4.78, 5) is 39.7. The predicted octanol–water partition coefficient (Wildman–Crippen LogP) is 3.51. The van der Waals surface area contributed by atoms with Crippen molar-refractivity contribution in [3.63, 3.8) is 0 Å². The highest BCUT2D eigenvalue weighted by Gasteiger charge is 2.32. The summed E-state index contributed by atoms with van der Waals surface area (Å²) in [5.74, 6) is -0.503. The second kappa shape index (κ2) is 10.4. The van der Waals surface area contributed by atoms with Crippen molar-refractivity contribution in [1.29, 1.82) is 0 Å². The van der Waals surface area contributed by atoms with Crippen molar-refractivity contribution in [2.75, 3.05) is 33.8 Å². The van der Waals surface area contributed by atoms with Gasteiger partial charge in [0.05, 0.1) is 23.7 Å². The highest BCUT2D eigenvalue weighted by molar-refractivity contribution is 5.95. The molecule has 0 aliphatic carbocycles. The molecule has 1 radical (unpaired) electrons. The fourth-order valence-electron chi connectivity index (χ4n) is 4.03. The molecule has 1 unspecified atom stereocenters.